The van der Waals surface area contributed by atoms with Gasteiger partial charge >= 0.3 is 0 Å². The summed E-state index contributed by atoms with van der Waals surface area (Å²) in [6, 6.07) is 11.4. The standard InChI is InChI=1S/C12H11IN2O3S/c1-18-11-8-7-10(12(13)14-11)15-19(16,17)9-5-3-2-4-6-9/h2-8,15H,1H3. The lowest BCUT2D eigenvalue weighted by Crippen LogP contribution is -2.14. The smallest absolute Gasteiger partial charge is 0.261 e. The van der Waals surface area contributed by atoms with Crippen LogP contribution < -0.4 is 9.46 Å². The molecule has 0 aliphatic heterocycles. The normalized spacial score (nSPS) is 11.1. The van der Waals surface area contributed by atoms with Crippen LogP contribution in [0.25, 0.3) is 0 Å². The lowest BCUT2D eigenvalue weighted by atomic mass is 10.4. The third kappa shape index (κ3) is 3.35. The van der Waals surface area contributed by atoms with Crippen LogP contribution in [0.4, 0.5) is 5.69 Å². The number of rotatable bonds is 4. The maximum atomic E-state index is 12.1. The maximum absolute atomic E-state index is 12.1. The zero-order valence-corrected chi connectivity index (χ0v) is 13.0. The highest BCUT2D eigenvalue weighted by atomic mass is 127. The molecule has 1 aromatic carbocycles. The molecule has 0 bridgehead atoms. The minimum absolute atomic E-state index is 0.210. The third-order valence-electron chi connectivity index (χ3n) is 2.33. The largest absolute Gasteiger partial charge is 0.481 e. The molecular weight excluding hydrogens is 379 g/mol. The van der Waals surface area contributed by atoms with Crippen LogP contribution in [0.1, 0.15) is 0 Å². The lowest BCUT2D eigenvalue weighted by molar-refractivity contribution is 0.397. The van der Waals surface area contributed by atoms with Crippen LogP contribution in [0.5, 0.6) is 5.88 Å². The average molecular weight is 390 g/mol. The number of nitrogens with zero attached hydrogens (tertiary/aromatic N) is 1. The Labute approximate surface area is 125 Å². The number of methoxy groups -OCH3 is 1. The molecule has 0 spiro atoms. The van der Waals surface area contributed by atoms with Gasteiger partial charge in [-0.05, 0) is 40.8 Å². The number of halogens is 1. The number of anilines is 1. The molecule has 0 fully saturated rings. The van der Waals surface area contributed by atoms with Crippen molar-refractivity contribution in [1.29, 1.82) is 0 Å². The van der Waals surface area contributed by atoms with E-state index in [0.717, 1.165) is 0 Å². The molecule has 1 aromatic heterocycles. The van der Waals surface area contributed by atoms with Gasteiger partial charge in [0.05, 0.1) is 17.7 Å². The fourth-order valence-electron chi connectivity index (χ4n) is 1.41. The second-order valence-corrected chi connectivity index (χ2v) is 6.31. The first-order chi connectivity index (χ1) is 9.03. The van der Waals surface area contributed by atoms with Crippen LogP contribution in [-0.4, -0.2) is 20.5 Å². The van der Waals surface area contributed by atoms with Crippen molar-refractivity contribution in [2.24, 2.45) is 0 Å². The Morgan fingerprint density at radius 1 is 1.16 bits per heavy atom. The summed E-state index contributed by atoms with van der Waals surface area (Å²) in [4.78, 5) is 4.32. The van der Waals surface area contributed by atoms with Gasteiger partial charge in [0, 0.05) is 6.07 Å². The Balaban J connectivity index is 2.31. The van der Waals surface area contributed by atoms with E-state index in [2.05, 4.69) is 9.71 Å². The second-order valence-electron chi connectivity index (χ2n) is 3.61. The van der Waals surface area contributed by atoms with Crippen molar-refractivity contribution in [2.45, 2.75) is 4.90 Å². The Hall–Kier alpha value is -1.35. The van der Waals surface area contributed by atoms with Crippen LogP contribution >= 0.6 is 22.6 Å². The van der Waals surface area contributed by atoms with Crippen LogP contribution in [0.2, 0.25) is 0 Å². The molecule has 0 aliphatic carbocycles. The summed E-state index contributed by atoms with van der Waals surface area (Å²) in [7, 11) is -2.08. The highest BCUT2D eigenvalue weighted by molar-refractivity contribution is 14.1. The van der Waals surface area contributed by atoms with E-state index in [1.54, 1.807) is 30.3 Å². The molecule has 2 aromatic rings. The number of ether oxygens (including phenoxy) is 1. The molecule has 0 saturated heterocycles. The van der Waals surface area contributed by atoms with Crippen molar-refractivity contribution >= 4 is 38.3 Å². The second kappa shape index (κ2) is 5.74. The molecule has 1 heterocycles. The van der Waals surface area contributed by atoms with E-state index in [9.17, 15) is 8.42 Å². The number of aromatic nitrogens is 1. The number of hydrogen-bond acceptors (Lipinski definition) is 4. The summed E-state index contributed by atoms with van der Waals surface area (Å²) in [6.45, 7) is 0. The quantitative estimate of drug-likeness (QED) is 0.644. The minimum Gasteiger partial charge on any atom is -0.481 e. The summed E-state index contributed by atoms with van der Waals surface area (Å²) in [6.07, 6.45) is 0. The number of benzene rings is 1. The SMILES string of the molecule is COc1ccc(NS(=O)(=O)c2ccccc2)c(I)n1. The Morgan fingerprint density at radius 2 is 1.84 bits per heavy atom. The molecule has 0 unspecified atom stereocenters. The first-order valence-corrected chi connectivity index (χ1v) is 7.87. The van der Waals surface area contributed by atoms with E-state index in [1.807, 2.05) is 22.6 Å². The molecule has 100 valence electrons. The van der Waals surface area contributed by atoms with Crippen LogP contribution in [0.15, 0.2) is 47.4 Å². The molecular formula is C12H11IN2O3S. The van der Waals surface area contributed by atoms with Crippen molar-refractivity contribution in [3.8, 4) is 5.88 Å². The van der Waals surface area contributed by atoms with Gasteiger partial charge in [-0.25, -0.2) is 13.4 Å². The molecule has 0 atom stereocenters. The Bertz CT molecular complexity index is 675. The van der Waals surface area contributed by atoms with Crippen molar-refractivity contribution < 1.29 is 13.2 Å². The number of nitrogens with one attached hydrogen (secondary N) is 1. The van der Waals surface area contributed by atoms with Crippen LogP contribution in [0.3, 0.4) is 0 Å². The minimum atomic E-state index is -3.59. The monoisotopic (exact) mass is 390 g/mol. The van der Waals surface area contributed by atoms with Gasteiger partial charge in [-0.15, -0.1) is 0 Å². The summed E-state index contributed by atoms with van der Waals surface area (Å²) in [5.41, 5.74) is 0.422. The highest BCUT2D eigenvalue weighted by Gasteiger charge is 2.15. The number of hydrogen-bond donors (Lipinski definition) is 1. The van der Waals surface area contributed by atoms with Crippen LogP contribution in [0, 0.1) is 3.70 Å². The molecule has 2 rings (SSSR count). The zero-order valence-electron chi connectivity index (χ0n) is 10.00. The van der Waals surface area contributed by atoms with Crippen LogP contribution in [-0.2, 0) is 10.0 Å². The summed E-state index contributed by atoms with van der Waals surface area (Å²) in [5, 5.41) is 0. The van der Waals surface area contributed by atoms with E-state index >= 15 is 0 Å². The fraction of sp³-hybridized carbons (Fsp3) is 0.0833. The average Bonchev–Trinajstić information content (AvgIpc) is 2.42. The van der Waals surface area contributed by atoms with Gasteiger partial charge < -0.3 is 4.74 Å². The van der Waals surface area contributed by atoms with E-state index in [1.165, 1.54) is 19.2 Å². The first kappa shape index (κ1) is 14.1. The lowest BCUT2D eigenvalue weighted by Gasteiger charge is -2.10. The Morgan fingerprint density at radius 3 is 2.42 bits per heavy atom. The first-order valence-electron chi connectivity index (χ1n) is 5.31. The van der Waals surface area contributed by atoms with E-state index in [4.69, 9.17) is 4.74 Å². The highest BCUT2D eigenvalue weighted by Crippen LogP contribution is 2.22. The summed E-state index contributed by atoms with van der Waals surface area (Å²) >= 11 is 1.95. The van der Waals surface area contributed by atoms with Crippen molar-refractivity contribution in [1.82, 2.24) is 4.98 Å². The molecule has 5 nitrogen and oxygen atoms in total. The van der Waals surface area contributed by atoms with Gasteiger partial charge in [-0.1, -0.05) is 18.2 Å². The summed E-state index contributed by atoms with van der Waals surface area (Å²) < 4.78 is 32.3. The molecule has 0 amide bonds. The molecule has 0 radical (unpaired) electrons. The number of pyridine rings is 1. The van der Waals surface area contributed by atoms with E-state index < -0.39 is 10.0 Å². The van der Waals surface area contributed by atoms with Crippen molar-refractivity contribution in [3.63, 3.8) is 0 Å². The van der Waals surface area contributed by atoms with E-state index in [-0.39, 0.29) is 4.90 Å². The molecule has 19 heavy (non-hydrogen) atoms. The fourth-order valence-corrected chi connectivity index (χ4v) is 3.23. The van der Waals surface area contributed by atoms with Crippen molar-refractivity contribution in [2.75, 3.05) is 11.8 Å². The van der Waals surface area contributed by atoms with Gasteiger partial charge in [0.15, 0.2) is 0 Å². The third-order valence-corrected chi connectivity index (χ3v) is 4.53. The van der Waals surface area contributed by atoms with Crippen molar-refractivity contribution in [3.05, 3.63) is 46.2 Å². The molecule has 0 aliphatic rings. The maximum Gasteiger partial charge on any atom is 0.261 e. The molecule has 0 saturated carbocycles. The summed E-state index contributed by atoms with van der Waals surface area (Å²) in [5.74, 6) is 0.437. The van der Waals surface area contributed by atoms with Gasteiger partial charge in [0.1, 0.15) is 3.70 Å². The predicted molar refractivity (Wildman–Crippen MR) is 80.8 cm³/mol. The Kier molecular flexibility index (Phi) is 4.25. The predicted octanol–water partition coefficient (Wildman–Crippen LogP) is 2.50. The van der Waals surface area contributed by atoms with Gasteiger partial charge in [0.25, 0.3) is 10.0 Å². The molecule has 7 heteroatoms. The van der Waals surface area contributed by atoms with Gasteiger partial charge in [0.2, 0.25) is 5.88 Å². The van der Waals surface area contributed by atoms with E-state index in [0.29, 0.717) is 15.3 Å². The topological polar surface area (TPSA) is 68.3 Å². The zero-order chi connectivity index (χ0) is 13.9. The van der Waals surface area contributed by atoms with Gasteiger partial charge in [-0.3, -0.25) is 4.72 Å². The molecule has 1 N–H and O–H groups in total. The van der Waals surface area contributed by atoms with Gasteiger partial charge in [-0.2, -0.15) is 0 Å². The number of sulfonamides is 1.